The van der Waals surface area contributed by atoms with Crippen molar-refractivity contribution >= 4 is 27.5 Å². The zero-order valence-electron chi connectivity index (χ0n) is 17.7. The van der Waals surface area contributed by atoms with Gasteiger partial charge in [-0.1, -0.05) is 24.4 Å². The molecule has 2 heterocycles. The van der Waals surface area contributed by atoms with Crippen LogP contribution in [0.4, 0.5) is 0 Å². The van der Waals surface area contributed by atoms with Gasteiger partial charge in [0.2, 0.25) is 15.9 Å². The average Bonchev–Trinajstić information content (AvgIpc) is 3.01. The summed E-state index contributed by atoms with van der Waals surface area (Å²) in [5.74, 6) is 0.331. The Morgan fingerprint density at radius 2 is 1.63 bits per heavy atom. The summed E-state index contributed by atoms with van der Waals surface area (Å²) in [5, 5.41) is 3.57. The lowest BCUT2D eigenvalue weighted by molar-refractivity contribution is -0.122. The van der Waals surface area contributed by atoms with Crippen LogP contribution in [0.15, 0.2) is 29.2 Å². The average molecular weight is 456 g/mol. The molecule has 0 bridgehead atoms. The highest BCUT2D eigenvalue weighted by Gasteiger charge is 2.30. The van der Waals surface area contributed by atoms with Gasteiger partial charge in [-0.25, -0.2) is 8.42 Å². The molecule has 0 aliphatic carbocycles. The van der Waals surface area contributed by atoms with Crippen molar-refractivity contribution in [3.8, 4) is 0 Å². The summed E-state index contributed by atoms with van der Waals surface area (Å²) in [7, 11) is -3.49. The number of rotatable bonds is 8. The molecule has 0 saturated carbocycles. The van der Waals surface area contributed by atoms with Gasteiger partial charge in [-0.15, -0.1) is 0 Å². The van der Waals surface area contributed by atoms with Gasteiger partial charge in [-0.3, -0.25) is 4.79 Å². The molecule has 2 aliphatic heterocycles. The number of nitrogens with zero attached hydrogens (tertiary/aromatic N) is 2. The van der Waals surface area contributed by atoms with Gasteiger partial charge in [0.05, 0.1) is 4.90 Å². The second kappa shape index (κ2) is 11.5. The van der Waals surface area contributed by atoms with E-state index in [0.717, 1.165) is 19.5 Å². The first-order valence-electron chi connectivity index (χ1n) is 11.2. The van der Waals surface area contributed by atoms with Crippen LogP contribution in [0.1, 0.15) is 51.4 Å². The van der Waals surface area contributed by atoms with Gasteiger partial charge in [0.25, 0.3) is 0 Å². The van der Waals surface area contributed by atoms with E-state index in [2.05, 4.69) is 10.2 Å². The van der Waals surface area contributed by atoms with Crippen LogP contribution in [0.25, 0.3) is 0 Å². The second-order valence-electron chi connectivity index (χ2n) is 8.46. The Bertz CT molecular complexity index is 769. The van der Waals surface area contributed by atoms with E-state index in [-0.39, 0.29) is 16.7 Å². The van der Waals surface area contributed by atoms with E-state index in [9.17, 15) is 13.2 Å². The van der Waals surface area contributed by atoms with E-state index in [1.54, 1.807) is 24.3 Å². The number of hydrogen-bond donors (Lipinski definition) is 1. The van der Waals surface area contributed by atoms with Gasteiger partial charge in [-0.2, -0.15) is 4.31 Å². The lowest BCUT2D eigenvalue weighted by atomic mass is 9.94. The van der Waals surface area contributed by atoms with Crippen molar-refractivity contribution in [1.82, 2.24) is 14.5 Å². The van der Waals surface area contributed by atoms with E-state index >= 15 is 0 Å². The van der Waals surface area contributed by atoms with Crippen LogP contribution < -0.4 is 5.32 Å². The first-order chi connectivity index (χ1) is 14.4. The number of hydrogen-bond acceptors (Lipinski definition) is 4. The monoisotopic (exact) mass is 455 g/mol. The molecule has 0 spiro atoms. The largest absolute Gasteiger partial charge is 0.356 e. The second-order valence-corrected chi connectivity index (χ2v) is 10.8. The third kappa shape index (κ3) is 6.94. The van der Waals surface area contributed by atoms with E-state index in [0.29, 0.717) is 37.4 Å². The fourth-order valence-corrected chi connectivity index (χ4v) is 5.93. The van der Waals surface area contributed by atoms with Crippen molar-refractivity contribution in [2.24, 2.45) is 5.92 Å². The van der Waals surface area contributed by atoms with E-state index < -0.39 is 10.0 Å². The van der Waals surface area contributed by atoms with Gasteiger partial charge in [0.15, 0.2) is 0 Å². The third-order valence-electron chi connectivity index (χ3n) is 6.17. The molecular formula is C22H34ClN3O3S. The molecule has 2 fully saturated rings. The summed E-state index contributed by atoms with van der Waals surface area (Å²) in [6.07, 6.45) is 8.17. The summed E-state index contributed by atoms with van der Waals surface area (Å²) >= 11 is 5.86. The van der Waals surface area contributed by atoms with E-state index in [4.69, 9.17) is 11.6 Å². The lowest BCUT2D eigenvalue weighted by Gasteiger charge is -2.31. The number of halogens is 1. The Hall–Kier alpha value is -1.15. The lowest BCUT2D eigenvalue weighted by Crippen LogP contribution is -2.39. The van der Waals surface area contributed by atoms with Gasteiger partial charge in [0.1, 0.15) is 0 Å². The summed E-state index contributed by atoms with van der Waals surface area (Å²) in [6.45, 7) is 5.06. The molecule has 1 aromatic carbocycles. The van der Waals surface area contributed by atoms with Crippen molar-refractivity contribution in [3.05, 3.63) is 29.3 Å². The molecule has 1 amide bonds. The fourth-order valence-electron chi connectivity index (χ4n) is 4.33. The van der Waals surface area contributed by atoms with Gasteiger partial charge in [0, 0.05) is 31.1 Å². The zero-order valence-corrected chi connectivity index (χ0v) is 19.3. The highest BCUT2D eigenvalue weighted by molar-refractivity contribution is 7.89. The zero-order chi connectivity index (χ0) is 21.4. The maximum Gasteiger partial charge on any atom is 0.243 e. The first kappa shape index (κ1) is 23.5. The molecule has 168 valence electrons. The van der Waals surface area contributed by atoms with E-state index in [1.165, 1.54) is 43.1 Å². The number of benzene rings is 1. The Labute approximate surface area is 186 Å². The molecule has 30 heavy (non-hydrogen) atoms. The van der Waals surface area contributed by atoms with Crippen LogP contribution in [0.5, 0.6) is 0 Å². The highest BCUT2D eigenvalue weighted by atomic mass is 35.5. The number of carbonyl (C=O) groups is 1. The standard InChI is InChI=1S/C22H34ClN3O3S/c23-20-6-8-21(9-7-20)30(28,29)26-16-10-19(11-17-26)18-22(27)24-12-5-15-25-13-3-1-2-4-14-25/h6-9,19H,1-5,10-18H2,(H,24,27). The van der Waals surface area contributed by atoms with Crippen LogP contribution in [0.3, 0.4) is 0 Å². The third-order valence-corrected chi connectivity index (χ3v) is 8.34. The van der Waals surface area contributed by atoms with Gasteiger partial charge in [-0.05, 0) is 81.9 Å². The molecule has 1 aromatic rings. The fraction of sp³-hybridized carbons (Fsp3) is 0.682. The Balaban J connectivity index is 1.34. The summed E-state index contributed by atoms with van der Waals surface area (Å²) < 4.78 is 27.0. The number of piperidine rings is 1. The summed E-state index contributed by atoms with van der Waals surface area (Å²) in [5.41, 5.74) is 0. The Morgan fingerprint density at radius 1 is 1.00 bits per heavy atom. The van der Waals surface area contributed by atoms with Gasteiger partial charge >= 0.3 is 0 Å². The molecule has 0 aromatic heterocycles. The molecule has 0 unspecified atom stereocenters. The molecule has 8 heteroatoms. The molecule has 1 N–H and O–H groups in total. The summed E-state index contributed by atoms with van der Waals surface area (Å²) in [6, 6.07) is 6.28. The Kier molecular flexibility index (Phi) is 8.98. The highest BCUT2D eigenvalue weighted by Crippen LogP contribution is 2.26. The number of sulfonamides is 1. The predicted octanol–water partition coefficient (Wildman–Crippen LogP) is 3.51. The molecular weight excluding hydrogens is 422 g/mol. The van der Waals surface area contributed by atoms with Gasteiger partial charge < -0.3 is 10.2 Å². The number of likely N-dealkylation sites (tertiary alicyclic amines) is 1. The number of carbonyl (C=O) groups excluding carboxylic acids is 1. The predicted molar refractivity (Wildman–Crippen MR) is 120 cm³/mol. The number of amides is 1. The first-order valence-corrected chi connectivity index (χ1v) is 13.0. The molecule has 2 saturated heterocycles. The molecule has 3 rings (SSSR count). The van der Waals surface area contributed by atoms with Crippen LogP contribution in [0.2, 0.25) is 5.02 Å². The summed E-state index contributed by atoms with van der Waals surface area (Å²) in [4.78, 5) is 15.1. The topological polar surface area (TPSA) is 69.7 Å². The number of nitrogens with one attached hydrogen (secondary N) is 1. The molecule has 2 aliphatic rings. The van der Waals surface area contributed by atoms with E-state index in [1.807, 2.05) is 0 Å². The van der Waals surface area contributed by atoms with Crippen LogP contribution >= 0.6 is 11.6 Å². The minimum Gasteiger partial charge on any atom is -0.356 e. The van der Waals surface area contributed by atoms with Crippen LogP contribution in [0, 0.1) is 5.92 Å². The van der Waals surface area contributed by atoms with Crippen molar-refractivity contribution < 1.29 is 13.2 Å². The van der Waals surface area contributed by atoms with Crippen molar-refractivity contribution in [2.75, 3.05) is 39.3 Å². The van der Waals surface area contributed by atoms with Crippen molar-refractivity contribution in [2.45, 2.75) is 56.3 Å². The van der Waals surface area contributed by atoms with Crippen LogP contribution in [-0.4, -0.2) is 62.8 Å². The minimum absolute atomic E-state index is 0.0878. The molecule has 6 nitrogen and oxygen atoms in total. The van der Waals surface area contributed by atoms with Crippen molar-refractivity contribution in [1.29, 1.82) is 0 Å². The maximum absolute atomic E-state index is 12.8. The molecule has 0 radical (unpaired) electrons. The normalized spacial score (nSPS) is 20.0. The Morgan fingerprint density at radius 3 is 2.27 bits per heavy atom. The minimum atomic E-state index is -3.49. The molecule has 0 atom stereocenters. The quantitative estimate of drug-likeness (QED) is 0.609. The van der Waals surface area contributed by atoms with Crippen LogP contribution in [-0.2, 0) is 14.8 Å². The SMILES string of the molecule is O=C(CC1CCN(S(=O)(=O)c2ccc(Cl)cc2)CC1)NCCCN1CCCCCC1. The maximum atomic E-state index is 12.8. The van der Waals surface area contributed by atoms with Crippen molar-refractivity contribution in [3.63, 3.8) is 0 Å². The smallest absolute Gasteiger partial charge is 0.243 e.